The molecule has 0 amide bonds. The van der Waals surface area contributed by atoms with Crippen molar-refractivity contribution in [1.82, 2.24) is 4.90 Å². The molecular formula is C21H29NO2. The van der Waals surface area contributed by atoms with Gasteiger partial charge >= 0.3 is 0 Å². The molecule has 1 aliphatic rings. The van der Waals surface area contributed by atoms with E-state index in [1.165, 1.54) is 0 Å². The number of piperidine rings is 1. The molecule has 0 spiro atoms. The maximum atomic E-state index is 6.25. The summed E-state index contributed by atoms with van der Waals surface area (Å²) in [6, 6.07) is 10.1. The fourth-order valence-corrected chi connectivity index (χ4v) is 2.98. The number of para-hydroxylation sites is 1. The van der Waals surface area contributed by atoms with Crippen LogP contribution in [-0.2, 0) is 4.74 Å². The lowest BCUT2D eigenvalue weighted by atomic mass is 9.94. The Balaban J connectivity index is 1.77. The zero-order chi connectivity index (χ0) is 17.3. The number of likely N-dealkylation sites (tertiary alicyclic amines) is 1. The molecule has 1 fully saturated rings. The molecule has 0 radical (unpaired) electrons. The summed E-state index contributed by atoms with van der Waals surface area (Å²) in [5.74, 6) is 1.65. The van der Waals surface area contributed by atoms with E-state index in [1.54, 1.807) is 0 Å². The molecule has 1 aliphatic heterocycles. The van der Waals surface area contributed by atoms with Crippen molar-refractivity contribution >= 4 is 0 Å². The zero-order valence-corrected chi connectivity index (χ0v) is 14.9. The lowest BCUT2D eigenvalue weighted by molar-refractivity contribution is -0.000429. The van der Waals surface area contributed by atoms with E-state index < -0.39 is 0 Å². The van der Waals surface area contributed by atoms with E-state index in [-0.39, 0.29) is 5.60 Å². The van der Waals surface area contributed by atoms with Crippen LogP contribution in [0, 0.1) is 0 Å². The van der Waals surface area contributed by atoms with Gasteiger partial charge in [-0.1, -0.05) is 43.0 Å². The largest absolute Gasteiger partial charge is 0.493 e. The first-order valence-electron chi connectivity index (χ1n) is 8.69. The van der Waals surface area contributed by atoms with Crippen LogP contribution in [0.25, 0.3) is 0 Å². The van der Waals surface area contributed by atoms with Crippen molar-refractivity contribution in [3.05, 3.63) is 67.0 Å². The number of benzene rings is 1. The predicted octanol–water partition coefficient (Wildman–Crippen LogP) is 4.58. The smallest absolute Gasteiger partial charge is 0.120 e. The Morgan fingerprint density at radius 1 is 1.29 bits per heavy atom. The molecule has 1 unspecified atom stereocenters. The van der Waals surface area contributed by atoms with Gasteiger partial charge in [-0.2, -0.15) is 0 Å². The first-order valence-corrected chi connectivity index (χ1v) is 8.69. The van der Waals surface area contributed by atoms with E-state index in [0.29, 0.717) is 12.4 Å². The highest BCUT2D eigenvalue weighted by Crippen LogP contribution is 2.27. The summed E-state index contributed by atoms with van der Waals surface area (Å²) in [7, 11) is 0. The SMILES string of the molecule is C=C(/C=C\C=C/C)OCCN1CCCC(C)(Oc2ccccc2)C1. The van der Waals surface area contributed by atoms with Gasteiger partial charge < -0.3 is 9.47 Å². The van der Waals surface area contributed by atoms with Crippen molar-refractivity contribution in [3.8, 4) is 5.75 Å². The van der Waals surface area contributed by atoms with Crippen LogP contribution in [-0.4, -0.2) is 36.7 Å². The molecule has 1 atom stereocenters. The van der Waals surface area contributed by atoms with Crippen LogP contribution in [0.5, 0.6) is 5.75 Å². The van der Waals surface area contributed by atoms with Gasteiger partial charge in [0, 0.05) is 13.1 Å². The van der Waals surface area contributed by atoms with Crippen LogP contribution in [0.2, 0.25) is 0 Å². The molecule has 2 rings (SSSR count). The lowest BCUT2D eigenvalue weighted by Gasteiger charge is -2.40. The van der Waals surface area contributed by atoms with Crippen LogP contribution >= 0.6 is 0 Å². The van der Waals surface area contributed by atoms with E-state index in [9.17, 15) is 0 Å². The molecular weight excluding hydrogens is 298 g/mol. The molecule has 0 saturated carbocycles. The fraction of sp³-hybridized carbons (Fsp3) is 0.429. The minimum absolute atomic E-state index is 0.136. The van der Waals surface area contributed by atoms with E-state index in [2.05, 4.69) is 18.4 Å². The van der Waals surface area contributed by atoms with E-state index >= 15 is 0 Å². The second kappa shape index (κ2) is 9.33. The minimum Gasteiger partial charge on any atom is -0.493 e. The van der Waals surface area contributed by atoms with Crippen LogP contribution in [0.1, 0.15) is 26.7 Å². The van der Waals surface area contributed by atoms with Crippen molar-refractivity contribution in [2.45, 2.75) is 32.3 Å². The van der Waals surface area contributed by atoms with E-state index in [4.69, 9.17) is 9.47 Å². The summed E-state index contributed by atoms with van der Waals surface area (Å²) in [5, 5.41) is 0. The molecule has 1 aromatic rings. The van der Waals surface area contributed by atoms with Crippen molar-refractivity contribution in [2.75, 3.05) is 26.2 Å². The summed E-state index contributed by atoms with van der Waals surface area (Å²) in [6.45, 7) is 11.7. The molecule has 0 N–H and O–H groups in total. The molecule has 1 aromatic carbocycles. The quantitative estimate of drug-likeness (QED) is 0.515. The van der Waals surface area contributed by atoms with Gasteiger partial charge in [0.05, 0.1) is 0 Å². The monoisotopic (exact) mass is 327 g/mol. The Kier molecular flexibility index (Phi) is 7.13. The summed E-state index contributed by atoms with van der Waals surface area (Å²) >= 11 is 0. The maximum absolute atomic E-state index is 6.25. The van der Waals surface area contributed by atoms with Crippen LogP contribution in [0.15, 0.2) is 67.0 Å². The van der Waals surface area contributed by atoms with Gasteiger partial charge in [0.15, 0.2) is 0 Å². The van der Waals surface area contributed by atoms with Crippen LogP contribution in [0.3, 0.4) is 0 Å². The number of hydrogen-bond donors (Lipinski definition) is 0. The summed E-state index contributed by atoms with van der Waals surface area (Å²) in [6.07, 6.45) is 9.99. The maximum Gasteiger partial charge on any atom is 0.120 e. The van der Waals surface area contributed by atoms with Gasteiger partial charge in [-0.05, 0) is 51.4 Å². The van der Waals surface area contributed by atoms with Gasteiger partial charge in [-0.3, -0.25) is 4.90 Å². The van der Waals surface area contributed by atoms with Crippen molar-refractivity contribution in [2.24, 2.45) is 0 Å². The van der Waals surface area contributed by atoms with Gasteiger partial charge in [0.25, 0.3) is 0 Å². The molecule has 3 heteroatoms. The van der Waals surface area contributed by atoms with Gasteiger partial charge in [0.1, 0.15) is 23.7 Å². The highest BCUT2D eigenvalue weighted by atomic mass is 16.5. The Bertz CT molecular complexity index is 564. The molecule has 0 bridgehead atoms. The zero-order valence-electron chi connectivity index (χ0n) is 14.9. The fourth-order valence-electron chi connectivity index (χ4n) is 2.98. The van der Waals surface area contributed by atoms with E-state index in [1.807, 2.05) is 61.6 Å². The Morgan fingerprint density at radius 3 is 2.83 bits per heavy atom. The third kappa shape index (κ3) is 6.25. The molecule has 130 valence electrons. The molecule has 3 nitrogen and oxygen atoms in total. The lowest BCUT2D eigenvalue weighted by Crippen LogP contribution is -2.50. The molecule has 1 saturated heterocycles. The van der Waals surface area contributed by atoms with Crippen LogP contribution in [0.4, 0.5) is 0 Å². The number of hydrogen-bond acceptors (Lipinski definition) is 3. The first-order chi connectivity index (χ1) is 11.6. The second-order valence-electron chi connectivity index (χ2n) is 6.44. The number of allylic oxidation sites excluding steroid dienone is 4. The summed E-state index contributed by atoms with van der Waals surface area (Å²) < 4.78 is 11.9. The molecule has 0 aliphatic carbocycles. The highest BCUT2D eigenvalue weighted by Gasteiger charge is 2.32. The second-order valence-corrected chi connectivity index (χ2v) is 6.44. The number of ether oxygens (including phenoxy) is 2. The van der Waals surface area contributed by atoms with Gasteiger partial charge in [-0.15, -0.1) is 0 Å². The van der Waals surface area contributed by atoms with Gasteiger partial charge in [0.2, 0.25) is 0 Å². The summed E-state index contributed by atoms with van der Waals surface area (Å²) in [5.41, 5.74) is -0.136. The molecule has 0 aromatic heterocycles. The molecule has 1 heterocycles. The summed E-state index contributed by atoms with van der Waals surface area (Å²) in [4.78, 5) is 2.41. The standard InChI is InChI=1S/C21H29NO2/c1-4-5-7-11-19(2)23-17-16-22-15-10-14-21(3,18-22)24-20-12-8-6-9-13-20/h4-9,11-13H,2,10,14-18H2,1,3H3/b5-4-,11-7-. The number of rotatable bonds is 8. The normalized spacial score (nSPS) is 22.1. The Labute approximate surface area is 146 Å². The van der Waals surface area contributed by atoms with Crippen molar-refractivity contribution in [1.29, 1.82) is 0 Å². The first kappa shape index (κ1) is 18.3. The average Bonchev–Trinajstić information content (AvgIpc) is 2.56. The third-order valence-electron chi connectivity index (χ3n) is 4.13. The van der Waals surface area contributed by atoms with Crippen LogP contribution < -0.4 is 4.74 Å². The number of nitrogens with zero attached hydrogens (tertiary/aromatic N) is 1. The average molecular weight is 327 g/mol. The Morgan fingerprint density at radius 2 is 2.08 bits per heavy atom. The molecule has 24 heavy (non-hydrogen) atoms. The minimum atomic E-state index is -0.136. The van der Waals surface area contributed by atoms with Crippen molar-refractivity contribution < 1.29 is 9.47 Å². The van der Waals surface area contributed by atoms with Crippen molar-refractivity contribution in [3.63, 3.8) is 0 Å². The Hall–Kier alpha value is -2.00. The highest BCUT2D eigenvalue weighted by molar-refractivity contribution is 5.22. The topological polar surface area (TPSA) is 21.7 Å². The predicted molar refractivity (Wildman–Crippen MR) is 100 cm³/mol. The van der Waals surface area contributed by atoms with Gasteiger partial charge in [-0.25, -0.2) is 0 Å². The van der Waals surface area contributed by atoms with E-state index in [0.717, 1.165) is 38.2 Å². The third-order valence-corrected chi connectivity index (χ3v) is 4.13.